The van der Waals surface area contributed by atoms with Crippen LogP contribution in [0.2, 0.25) is 0 Å². The van der Waals surface area contributed by atoms with Gasteiger partial charge in [0.15, 0.2) is 11.5 Å². The van der Waals surface area contributed by atoms with Crippen LogP contribution in [-0.2, 0) is 16.1 Å². The molecule has 0 spiro atoms. The van der Waals surface area contributed by atoms with Crippen molar-refractivity contribution in [1.29, 1.82) is 0 Å². The number of aryl methyl sites for hydroxylation is 1. The maximum atomic E-state index is 12.6. The fraction of sp³-hybridized carbons (Fsp3) is 0.450. The number of hydrogen-bond donors (Lipinski definition) is 2. The van der Waals surface area contributed by atoms with Crippen molar-refractivity contribution in [1.82, 2.24) is 15.2 Å². The lowest BCUT2D eigenvalue weighted by Gasteiger charge is -2.33. The lowest BCUT2D eigenvalue weighted by Crippen LogP contribution is -2.51. The van der Waals surface area contributed by atoms with Crippen LogP contribution in [0.15, 0.2) is 22.6 Å². The highest BCUT2D eigenvalue weighted by molar-refractivity contribution is 5.85. The van der Waals surface area contributed by atoms with Crippen LogP contribution in [0.3, 0.4) is 0 Å². The number of phenols is 1. The van der Waals surface area contributed by atoms with Gasteiger partial charge in [0, 0.05) is 12.1 Å². The number of ether oxygens (including phenoxy) is 2. The van der Waals surface area contributed by atoms with Crippen molar-refractivity contribution < 1.29 is 28.6 Å². The fourth-order valence-electron chi connectivity index (χ4n) is 3.35. The third kappa shape index (κ3) is 4.44. The van der Waals surface area contributed by atoms with Gasteiger partial charge in [0.1, 0.15) is 17.5 Å². The quantitative estimate of drug-likeness (QED) is 0.789. The van der Waals surface area contributed by atoms with Crippen LogP contribution in [0.1, 0.15) is 30.7 Å². The van der Waals surface area contributed by atoms with Gasteiger partial charge in [0.05, 0.1) is 20.8 Å². The number of likely N-dealkylation sites (tertiary alicyclic amines) is 1. The molecule has 1 fully saturated rings. The molecule has 29 heavy (non-hydrogen) atoms. The highest BCUT2D eigenvalue weighted by atomic mass is 16.5. The van der Waals surface area contributed by atoms with Crippen LogP contribution in [0.5, 0.6) is 11.5 Å². The van der Waals surface area contributed by atoms with Crippen LogP contribution in [0.25, 0.3) is 11.5 Å². The molecule has 0 bridgehead atoms. The third-order valence-electron chi connectivity index (χ3n) is 4.96. The van der Waals surface area contributed by atoms with Gasteiger partial charge in [-0.3, -0.25) is 9.69 Å². The van der Waals surface area contributed by atoms with E-state index in [0.717, 1.165) is 12.8 Å². The summed E-state index contributed by atoms with van der Waals surface area (Å²) in [6, 6.07) is 4.24. The molecular weight excluding hydrogens is 378 g/mol. The number of aromatic hydroxyl groups is 1. The predicted molar refractivity (Wildman–Crippen MR) is 103 cm³/mol. The molecule has 9 heteroatoms. The Morgan fingerprint density at radius 3 is 2.86 bits per heavy atom. The zero-order valence-corrected chi connectivity index (χ0v) is 16.7. The number of carbonyl (C=O) groups excluding carboxylic acids is 2. The molecule has 2 aromatic rings. The number of nitrogens with one attached hydrogen (secondary N) is 1. The average Bonchev–Trinajstić information content (AvgIpc) is 3.12. The van der Waals surface area contributed by atoms with Crippen LogP contribution >= 0.6 is 0 Å². The minimum Gasteiger partial charge on any atom is -0.504 e. The Hall–Kier alpha value is -3.23. The van der Waals surface area contributed by atoms with Crippen molar-refractivity contribution in [2.24, 2.45) is 0 Å². The summed E-state index contributed by atoms with van der Waals surface area (Å²) in [7, 11) is 2.77. The molecule has 2 amide bonds. The monoisotopic (exact) mass is 403 g/mol. The van der Waals surface area contributed by atoms with Crippen LogP contribution < -0.4 is 10.1 Å². The number of oxazole rings is 1. The van der Waals surface area contributed by atoms with E-state index in [-0.39, 0.29) is 18.2 Å². The molecule has 1 aliphatic rings. The molecule has 0 radical (unpaired) electrons. The van der Waals surface area contributed by atoms with E-state index in [9.17, 15) is 14.7 Å². The molecule has 1 aliphatic heterocycles. The van der Waals surface area contributed by atoms with Crippen LogP contribution in [0, 0.1) is 6.92 Å². The van der Waals surface area contributed by atoms with Gasteiger partial charge in [0.25, 0.3) is 0 Å². The number of hydrogen-bond acceptors (Lipinski definition) is 7. The van der Waals surface area contributed by atoms with Crippen molar-refractivity contribution in [2.45, 2.75) is 38.8 Å². The predicted octanol–water partition coefficient (Wildman–Crippen LogP) is 2.60. The molecule has 1 unspecified atom stereocenters. The summed E-state index contributed by atoms with van der Waals surface area (Å²) in [5.41, 5.74) is 1.23. The van der Waals surface area contributed by atoms with Crippen molar-refractivity contribution in [3.05, 3.63) is 29.7 Å². The Kier molecular flexibility index (Phi) is 6.26. The molecule has 1 aromatic carbocycles. The second-order valence-electron chi connectivity index (χ2n) is 6.80. The first-order chi connectivity index (χ1) is 13.9. The van der Waals surface area contributed by atoms with E-state index in [4.69, 9.17) is 13.9 Å². The van der Waals surface area contributed by atoms with Gasteiger partial charge in [-0.05, 0) is 44.4 Å². The van der Waals surface area contributed by atoms with Gasteiger partial charge < -0.3 is 24.3 Å². The average molecular weight is 403 g/mol. The highest BCUT2D eigenvalue weighted by Crippen LogP contribution is 2.31. The Morgan fingerprint density at radius 2 is 2.14 bits per heavy atom. The lowest BCUT2D eigenvalue weighted by molar-refractivity contribution is -0.127. The van der Waals surface area contributed by atoms with Gasteiger partial charge in [-0.25, -0.2) is 9.78 Å². The number of benzene rings is 1. The third-order valence-corrected chi connectivity index (χ3v) is 4.96. The topological polar surface area (TPSA) is 114 Å². The summed E-state index contributed by atoms with van der Waals surface area (Å²) in [4.78, 5) is 30.5. The molecule has 9 nitrogen and oxygen atoms in total. The Bertz CT molecular complexity index is 894. The largest absolute Gasteiger partial charge is 0.504 e. The number of phenolic OH excluding ortho intramolecular Hbond substituents is 1. The normalized spacial score (nSPS) is 16.4. The summed E-state index contributed by atoms with van der Waals surface area (Å²) < 4.78 is 15.6. The van der Waals surface area contributed by atoms with Gasteiger partial charge >= 0.3 is 6.09 Å². The molecule has 3 rings (SSSR count). The number of amides is 2. The van der Waals surface area contributed by atoms with E-state index in [1.807, 2.05) is 0 Å². The summed E-state index contributed by atoms with van der Waals surface area (Å²) in [5.74, 6) is 1.02. The van der Waals surface area contributed by atoms with E-state index < -0.39 is 12.1 Å². The Morgan fingerprint density at radius 1 is 1.34 bits per heavy atom. The van der Waals surface area contributed by atoms with E-state index in [1.54, 1.807) is 19.1 Å². The standard InChI is InChI=1S/C20H25N3O6/c1-12-14(22-19(29-12)13-7-8-16(24)17(10-13)27-2)11-21-18(25)15-6-4-5-9-23(15)20(26)28-3/h7-8,10,15,24H,4-6,9,11H2,1-3H3,(H,21,25). The van der Waals surface area contributed by atoms with Crippen molar-refractivity contribution in [2.75, 3.05) is 20.8 Å². The first-order valence-corrected chi connectivity index (χ1v) is 9.40. The van der Waals surface area contributed by atoms with E-state index in [1.165, 1.54) is 25.2 Å². The molecule has 1 aromatic heterocycles. The molecule has 0 aliphatic carbocycles. The number of rotatable bonds is 5. The lowest BCUT2D eigenvalue weighted by atomic mass is 10.0. The maximum absolute atomic E-state index is 12.6. The van der Waals surface area contributed by atoms with Crippen molar-refractivity contribution in [3.63, 3.8) is 0 Å². The molecule has 1 atom stereocenters. The number of carbonyl (C=O) groups is 2. The Balaban J connectivity index is 1.70. The number of aromatic nitrogens is 1. The zero-order chi connectivity index (χ0) is 21.0. The van der Waals surface area contributed by atoms with Gasteiger partial charge in [-0.1, -0.05) is 0 Å². The van der Waals surface area contributed by atoms with E-state index in [0.29, 0.717) is 41.6 Å². The van der Waals surface area contributed by atoms with E-state index >= 15 is 0 Å². The molecule has 156 valence electrons. The first kappa shape index (κ1) is 20.5. The molecule has 2 N–H and O–H groups in total. The summed E-state index contributed by atoms with van der Waals surface area (Å²) in [6.07, 6.45) is 1.82. The molecule has 2 heterocycles. The number of piperidine rings is 1. The van der Waals surface area contributed by atoms with Crippen molar-refractivity contribution >= 4 is 12.0 Å². The summed E-state index contributed by atoms with van der Waals surface area (Å²) in [6.45, 7) is 2.44. The second-order valence-corrected chi connectivity index (χ2v) is 6.80. The molecular formula is C20H25N3O6. The van der Waals surface area contributed by atoms with Gasteiger partial charge in [0.2, 0.25) is 11.8 Å². The van der Waals surface area contributed by atoms with Crippen molar-refractivity contribution in [3.8, 4) is 23.0 Å². The SMILES string of the molecule is COC(=O)N1CCCCC1C(=O)NCc1nc(-c2ccc(O)c(OC)c2)oc1C. The maximum Gasteiger partial charge on any atom is 0.410 e. The molecule has 0 saturated carbocycles. The smallest absolute Gasteiger partial charge is 0.410 e. The number of nitrogens with zero attached hydrogens (tertiary/aromatic N) is 2. The number of methoxy groups -OCH3 is 2. The van der Waals surface area contributed by atoms with Crippen LogP contribution in [-0.4, -0.2) is 53.8 Å². The summed E-state index contributed by atoms with van der Waals surface area (Å²) in [5, 5.41) is 12.6. The first-order valence-electron chi connectivity index (χ1n) is 9.40. The van der Waals surface area contributed by atoms with E-state index in [2.05, 4.69) is 10.3 Å². The fourth-order valence-corrected chi connectivity index (χ4v) is 3.35. The van der Waals surface area contributed by atoms with Gasteiger partial charge in [-0.15, -0.1) is 0 Å². The molecule has 1 saturated heterocycles. The zero-order valence-electron chi connectivity index (χ0n) is 16.7. The minimum absolute atomic E-state index is 0.0228. The van der Waals surface area contributed by atoms with Gasteiger partial charge in [-0.2, -0.15) is 0 Å². The highest BCUT2D eigenvalue weighted by Gasteiger charge is 2.32. The summed E-state index contributed by atoms with van der Waals surface area (Å²) >= 11 is 0. The second kappa shape index (κ2) is 8.85. The van der Waals surface area contributed by atoms with Crippen LogP contribution in [0.4, 0.5) is 4.79 Å². The minimum atomic E-state index is -0.552. The Labute approximate surface area is 168 Å².